The van der Waals surface area contributed by atoms with Gasteiger partial charge in [0.25, 0.3) is 0 Å². The Labute approximate surface area is 83.1 Å². The first kappa shape index (κ1) is 10.8. The fourth-order valence-corrected chi connectivity index (χ4v) is 2.27. The molecule has 13 heavy (non-hydrogen) atoms. The minimum atomic E-state index is -1.19. The van der Waals surface area contributed by atoms with Gasteiger partial charge in [0.05, 0.1) is 0 Å². The van der Waals surface area contributed by atoms with Gasteiger partial charge in [-0.3, -0.25) is 0 Å². The third-order valence-corrected chi connectivity index (χ3v) is 3.35. The molecular weight excluding hydrogens is 174 g/mol. The number of hydrogen-bond donors (Lipinski definition) is 1. The summed E-state index contributed by atoms with van der Waals surface area (Å²) >= 11 is 0. The summed E-state index contributed by atoms with van der Waals surface area (Å²) in [5.41, 5.74) is 9.45. The molecular formula is C11H21NSi. The molecule has 0 saturated heterocycles. The van der Waals surface area contributed by atoms with E-state index < -0.39 is 8.07 Å². The van der Waals surface area contributed by atoms with Crippen LogP contribution < -0.4 is 5.73 Å². The van der Waals surface area contributed by atoms with Crippen LogP contribution in [0.4, 0.5) is 0 Å². The van der Waals surface area contributed by atoms with Gasteiger partial charge in [0.15, 0.2) is 0 Å². The van der Waals surface area contributed by atoms with Crippen molar-refractivity contribution < 1.29 is 0 Å². The first-order valence-corrected chi connectivity index (χ1v) is 8.77. The van der Waals surface area contributed by atoms with Crippen LogP contribution in [-0.4, -0.2) is 14.1 Å². The summed E-state index contributed by atoms with van der Waals surface area (Å²) in [4.78, 5) is 0. The zero-order chi connectivity index (χ0) is 9.90. The van der Waals surface area contributed by atoms with Gasteiger partial charge in [0, 0.05) is 12.0 Å². The smallest absolute Gasteiger partial charge is 0.129 e. The van der Waals surface area contributed by atoms with Gasteiger partial charge in [0.1, 0.15) is 8.07 Å². The Balaban J connectivity index is 2.54. The largest absolute Gasteiger partial charge is 0.327 e. The van der Waals surface area contributed by atoms with E-state index in [1.54, 1.807) is 0 Å². The van der Waals surface area contributed by atoms with Crippen molar-refractivity contribution in [2.24, 2.45) is 11.7 Å². The second kappa shape index (κ2) is 4.30. The summed E-state index contributed by atoms with van der Waals surface area (Å²) < 4.78 is 0. The van der Waals surface area contributed by atoms with E-state index >= 15 is 0 Å². The predicted octanol–water partition coefficient (Wildman–Crippen LogP) is 2.38. The molecule has 2 N–H and O–H groups in total. The van der Waals surface area contributed by atoms with Gasteiger partial charge in [0.2, 0.25) is 0 Å². The maximum absolute atomic E-state index is 6.02. The quantitative estimate of drug-likeness (QED) is 0.466. The molecule has 2 atom stereocenters. The molecule has 74 valence electrons. The molecule has 1 aliphatic rings. The van der Waals surface area contributed by atoms with Crippen molar-refractivity contribution in [2.75, 3.05) is 0 Å². The molecule has 0 amide bonds. The van der Waals surface area contributed by atoms with E-state index in [1.165, 1.54) is 25.7 Å². The first-order valence-electron chi connectivity index (χ1n) is 5.27. The fourth-order valence-electron chi connectivity index (χ4n) is 1.65. The molecule has 2 heteroatoms. The Morgan fingerprint density at radius 1 is 1.15 bits per heavy atom. The Morgan fingerprint density at radius 2 is 1.77 bits per heavy atom. The fraction of sp³-hybridized carbons (Fsp3) is 0.818. The van der Waals surface area contributed by atoms with Crippen molar-refractivity contribution in [3.8, 4) is 11.5 Å². The van der Waals surface area contributed by atoms with Gasteiger partial charge in [-0.1, -0.05) is 32.5 Å². The summed E-state index contributed by atoms with van der Waals surface area (Å²) in [7, 11) is -1.19. The van der Waals surface area contributed by atoms with E-state index in [0.717, 1.165) is 0 Å². The molecule has 2 unspecified atom stereocenters. The maximum Gasteiger partial charge on any atom is 0.129 e. The summed E-state index contributed by atoms with van der Waals surface area (Å²) in [6, 6.07) is 0.345. The van der Waals surface area contributed by atoms with Gasteiger partial charge in [-0.25, -0.2) is 0 Å². The minimum absolute atomic E-state index is 0.345. The second-order valence-electron chi connectivity index (χ2n) is 5.07. The topological polar surface area (TPSA) is 26.0 Å². The summed E-state index contributed by atoms with van der Waals surface area (Å²) in [6.45, 7) is 6.86. The van der Waals surface area contributed by atoms with Crippen molar-refractivity contribution in [3.05, 3.63) is 0 Å². The monoisotopic (exact) mass is 195 g/mol. The molecule has 0 heterocycles. The van der Waals surface area contributed by atoms with Crippen LogP contribution in [0, 0.1) is 17.4 Å². The Bertz CT molecular complexity index is 218. The number of hydrogen-bond acceptors (Lipinski definition) is 1. The molecule has 0 spiro atoms. The molecule has 0 aromatic heterocycles. The lowest BCUT2D eigenvalue weighted by Crippen LogP contribution is -2.32. The van der Waals surface area contributed by atoms with Crippen LogP contribution in [0.3, 0.4) is 0 Å². The minimum Gasteiger partial charge on any atom is -0.327 e. The highest BCUT2D eigenvalue weighted by Gasteiger charge is 2.20. The first-order chi connectivity index (χ1) is 5.99. The van der Waals surface area contributed by atoms with Crippen LogP contribution in [0.1, 0.15) is 25.7 Å². The highest BCUT2D eigenvalue weighted by molar-refractivity contribution is 6.83. The van der Waals surface area contributed by atoms with Crippen LogP contribution >= 0.6 is 0 Å². The van der Waals surface area contributed by atoms with Gasteiger partial charge in [-0.05, 0) is 12.8 Å². The van der Waals surface area contributed by atoms with Crippen LogP contribution in [0.15, 0.2) is 0 Å². The Kier molecular flexibility index (Phi) is 3.58. The van der Waals surface area contributed by atoms with Crippen molar-refractivity contribution in [1.29, 1.82) is 0 Å². The van der Waals surface area contributed by atoms with E-state index in [1.807, 2.05) is 0 Å². The maximum atomic E-state index is 6.02. The lowest BCUT2D eigenvalue weighted by atomic mass is 9.86. The number of nitrogens with two attached hydrogens (primary N) is 1. The van der Waals surface area contributed by atoms with Crippen LogP contribution in [0.2, 0.25) is 19.6 Å². The van der Waals surface area contributed by atoms with Crippen LogP contribution in [-0.2, 0) is 0 Å². The molecule has 0 bridgehead atoms. The van der Waals surface area contributed by atoms with Crippen molar-refractivity contribution >= 4 is 8.07 Å². The molecule has 1 fully saturated rings. The lowest BCUT2D eigenvalue weighted by molar-refractivity contribution is 0.372. The van der Waals surface area contributed by atoms with Gasteiger partial charge >= 0.3 is 0 Å². The third-order valence-electron chi connectivity index (χ3n) is 2.45. The molecule has 0 aliphatic heterocycles. The zero-order valence-corrected chi connectivity index (χ0v) is 10.1. The SMILES string of the molecule is C[Si](C)(C)C#CC1CCCCC1N. The standard InChI is InChI=1S/C11H21NSi/c1-13(2,3)9-8-10-6-4-5-7-11(10)12/h10-11H,4-7,12H2,1-3H3. The van der Waals surface area contributed by atoms with E-state index in [0.29, 0.717) is 12.0 Å². The average molecular weight is 195 g/mol. The van der Waals surface area contributed by atoms with E-state index in [-0.39, 0.29) is 0 Å². The average Bonchev–Trinajstić information content (AvgIpc) is 2.01. The van der Waals surface area contributed by atoms with Gasteiger partial charge in [-0.2, -0.15) is 0 Å². The molecule has 1 saturated carbocycles. The van der Waals surface area contributed by atoms with E-state index in [2.05, 4.69) is 31.1 Å². The molecule has 0 aromatic carbocycles. The summed E-state index contributed by atoms with van der Waals surface area (Å²) in [5, 5.41) is 0. The summed E-state index contributed by atoms with van der Waals surface area (Å²) in [6.07, 6.45) is 5.01. The lowest BCUT2D eigenvalue weighted by Gasteiger charge is -2.24. The van der Waals surface area contributed by atoms with Gasteiger partial charge < -0.3 is 5.73 Å². The van der Waals surface area contributed by atoms with E-state index in [9.17, 15) is 0 Å². The zero-order valence-electron chi connectivity index (χ0n) is 9.06. The van der Waals surface area contributed by atoms with E-state index in [4.69, 9.17) is 5.73 Å². The Hall–Kier alpha value is -0.263. The third kappa shape index (κ3) is 3.97. The second-order valence-corrected chi connectivity index (χ2v) is 9.82. The molecule has 1 nitrogen and oxygen atoms in total. The highest BCUT2D eigenvalue weighted by Crippen LogP contribution is 2.22. The van der Waals surface area contributed by atoms with Crippen LogP contribution in [0.25, 0.3) is 0 Å². The highest BCUT2D eigenvalue weighted by atomic mass is 28.3. The van der Waals surface area contributed by atoms with Crippen molar-refractivity contribution in [2.45, 2.75) is 51.4 Å². The molecule has 1 aliphatic carbocycles. The van der Waals surface area contributed by atoms with Gasteiger partial charge in [-0.15, -0.1) is 11.5 Å². The molecule has 1 rings (SSSR count). The van der Waals surface area contributed by atoms with Crippen LogP contribution in [0.5, 0.6) is 0 Å². The summed E-state index contributed by atoms with van der Waals surface area (Å²) in [5.74, 6) is 3.88. The molecule has 0 radical (unpaired) electrons. The van der Waals surface area contributed by atoms with Crippen molar-refractivity contribution in [3.63, 3.8) is 0 Å². The normalized spacial score (nSPS) is 29.2. The predicted molar refractivity (Wildman–Crippen MR) is 61.1 cm³/mol. The molecule has 0 aromatic rings. The number of rotatable bonds is 0. The Morgan fingerprint density at radius 3 is 2.31 bits per heavy atom. The van der Waals surface area contributed by atoms with Crippen molar-refractivity contribution in [1.82, 2.24) is 0 Å².